The molecular weight excluding hydrogens is 212 g/mol. The molecule has 84 valence electrons. The van der Waals surface area contributed by atoms with Crippen LogP contribution in [0.5, 0.6) is 0 Å². The van der Waals surface area contributed by atoms with Crippen LogP contribution in [-0.4, -0.2) is 5.75 Å². The standard InChI is InChI=1S/C15H18S/c1-11-13-7-3-2-6-12(13)10-16-15-9-5-4-8-14(11)15/h4-5,8-9,12H,2-3,6-7,10H2,1H3. The molecule has 1 aromatic rings. The fourth-order valence-electron chi connectivity index (χ4n) is 3.03. The van der Waals surface area contributed by atoms with Gasteiger partial charge in [0.05, 0.1) is 0 Å². The predicted molar refractivity (Wildman–Crippen MR) is 71.7 cm³/mol. The molecule has 1 aliphatic carbocycles. The van der Waals surface area contributed by atoms with Gasteiger partial charge in [0.2, 0.25) is 0 Å². The van der Waals surface area contributed by atoms with Crippen molar-refractivity contribution in [2.24, 2.45) is 5.92 Å². The largest absolute Gasteiger partial charge is 0.125 e. The smallest absolute Gasteiger partial charge is 0.0147 e. The summed E-state index contributed by atoms with van der Waals surface area (Å²) in [7, 11) is 0. The number of allylic oxidation sites excluding steroid dienone is 2. The minimum absolute atomic E-state index is 0.853. The monoisotopic (exact) mass is 230 g/mol. The zero-order valence-corrected chi connectivity index (χ0v) is 10.6. The van der Waals surface area contributed by atoms with Crippen molar-refractivity contribution in [3.05, 3.63) is 35.4 Å². The summed E-state index contributed by atoms with van der Waals surface area (Å²) in [6.07, 6.45) is 5.58. The molecule has 1 fully saturated rings. The van der Waals surface area contributed by atoms with E-state index in [0.29, 0.717) is 0 Å². The highest BCUT2D eigenvalue weighted by Gasteiger charge is 2.25. The van der Waals surface area contributed by atoms with Crippen LogP contribution < -0.4 is 0 Å². The molecule has 1 atom stereocenters. The quantitative estimate of drug-likeness (QED) is 0.619. The molecule has 1 heterocycles. The van der Waals surface area contributed by atoms with E-state index in [1.54, 1.807) is 11.1 Å². The van der Waals surface area contributed by atoms with E-state index in [-0.39, 0.29) is 0 Å². The van der Waals surface area contributed by atoms with Crippen molar-refractivity contribution in [3.8, 4) is 0 Å². The molecule has 0 saturated heterocycles. The summed E-state index contributed by atoms with van der Waals surface area (Å²) >= 11 is 2.06. The molecule has 0 spiro atoms. The zero-order valence-electron chi connectivity index (χ0n) is 9.83. The van der Waals surface area contributed by atoms with E-state index in [1.807, 2.05) is 0 Å². The first-order valence-corrected chi connectivity index (χ1v) is 7.26. The molecule has 0 radical (unpaired) electrons. The SMILES string of the molecule is CC1=C2CCCCC2CSc2ccccc21. The Labute approximate surface area is 102 Å². The van der Waals surface area contributed by atoms with Crippen molar-refractivity contribution >= 4 is 17.3 Å². The molecule has 1 aromatic carbocycles. The Morgan fingerprint density at radius 2 is 2.06 bits per heavy atom. The summed E-state index contributed by atoms with van der Waals surface area (Å²) in [6.45, 7) is 2.33. The maximum Gasteiger partial charge on any atom is 0.0147 e. The van der Waals surface area contributed by atoms with Crippen LogP contribution in [0, 0.1) is 5.92 Å². The van der Waals surface area contributed by atoms with Gasteiger partial charge in [-0.25, -0.2) is 0 Å². The number of rotatable bonds is 0. The molecule has 0 amide bonds. The van der Waals surface area contributed by atoms with Gasteiger partial charge in [0.1, 0.15) is 0 Å². The van der Waals surface area contributed by atoms with Crippen LogP contribution in [0.4, 0.5) is 0 Å². The maximum atomic E-state index is 2.33. The van der Waals surface area contributed by atoms with E-state index >= 15 is 0 Å². The second-order valence-electron chi connectivity index (χ2n) is 4.90. The Hall–Kier alpha value is -0.690. The molecule has 0 nitrogen and oxygen atoms in total. The number of benzene rings is 1. The minimum Gasteiger partial charge on any atom is -0.125 e. The van der Waals surface area contributed by atoms with Gasteiger partial charge in [-0.2, -0.15) is 0 Å². The Bertz CT molecular complexity index is 431. The van der Waals surface area contributed by atoms with Gasteiger partial charge in [0.25, 0.3) is 0 Å². The van der Waals surface area contributed by atoms with Crippen LogP contribution in [0.15, 0.2) is 34.7 Å². The summed E-state index contributed by atoms with van der Waals surface area (Å²) in [4.78, 5) is 1.49. The van der Waals surface area contributed by atoms with E-state index in [9.17, 15) is 0 Å². The Kier molecular flexibility index (Phi) is 2.81. The highest BCUT2D eigenvalue weighted by Crippen LogP contribution is 2.43. The zero-order chi connectivity index (χ0) is 11.0. The lowest BCUT2D eigenvalue weighted by Crippen LogP contribution is -2.12. The van der Waals surface area contributed by atoms with Gasteiger partial charge < -0.3 is 0 Å². The first-order valence-electron chi connectivity index (χ1n) is 6.28. The third kappa shape index (κ3) is 1.71. The minimum atomic E-state index is 0.853. The first kappa shape index (κ1) is 10.5. The average molecular weight is 230 g/mol. The van der Waals surface area contributed by atoms with Gasteiger partial charge in [0, 0.05) is 10.6 Å². The third-order valence-electron chi connectivity index (χ3n) is 3.95. The lowest BCUT2D eigenvalue weighted by Gasteiger charge is -2.25. The molecule has 16 heavy (non-hydrogen) atoms. The normalized spacial score (nSPS) is 24.7. The van der Waals surface area contributed by atoms with Crippen LogP contribution >= 0.6 is 11.8 Å². The van der Waals surface area contributed by atoms with E-state index in [2.05, 4.69) is 43.0 Å². The molecule has 0 aromatic heterocycles. The highest BCUT2D eigenvalue weighted by atomic mass is 32.2. The summed E-state index contributed by atoms with van der Waals surface area (Å²) < 4.78 is 0. The fraction of sp³-hybridized carbons (Fsp3) is 0.467. The molecule has 1 aliphatic heterocycles. The maximum absolute atomic E-state index is 2.33. The highest BCUT2D eigenvalue weighted by molar-refractivity contribution is 7.99. The fourth-order valence-corrected chi connectivity index (χ4v) is 4.33. The molecule has 2 aliphatic rings. The number of thioether (sulfide) groups is 1. The molecule has 1 heteroatoms. The molecule has 0 bridgehead atoms. The van der Waals surface area contributed by atoms with Crippen molar-refractivity contribution in [2.45, 2.75) is 37.5 Å². The van der Waals surface area contributed by atoms with Crippen LogP contribution in [0.1, 0.15) is 38.2 Å². The predicted octanol–water partition coefficient (Wildman–Crippen LogP) is 4.76. The number of fused-ring (bicyclic) bond motifs is 2. The Morgan fingerprint density at radius 3 is 3.00 bits per heavy atom. The summed E-state index contributed by atoms with van der Waals surface area (Å²) in [6, 6.07) is 8.91. The van der Waals surface area contributed by atoms with Crippen molar-refractivity contribution in [1.29, 1.82) is 0 Å². The summed E-state index contributed by atoms with van der Waals surface area (Å²) in [5, 5.41) is 0. The van der Waals surface area contributed by atoms with Gasteiger partial charge in [-0.15, -0.1) is 11.8 Å². The third-order valence-corrected chi connectivity index (χ3v) is 5.19. The van der Waals surface area contributed by atoms with E-state index < -0.39 is 0 Å². The van der Waals surface area contributed by atoms with Crippen LogP contribution in [-0.2, 0) is 0 Å². The van der Waals surface area contributed by atoms with Gasteiger partial charge in [-0.05, 0) is 49.3 Å². The Morgan fingerprint density at radius 1 is 1.19 bits per heavy atom. The summed E-state index contributed by atoms with van der Waals surface area (Å²) in [5.41, 5.74) is 4.82. The van der Waals surface area contributed by atoms with E-state index in [4.69, 9.17) is 0 Å². The van der Waals surface area contributed by atoms with Gasteiger partial charge >= 0.3 is 0 Å². The lowest BCUT2D eigenvalue weighted by atomic mass is 9.81. The average Bonchev–Trinajstić information content (AvgIpc) is 2.49. The van der Waals surface area contributed by atoms with Crippen molar-refractivity contribution in [1.82, 2.24) is 0 Å². The summed E-state index contributed by atoms with van der Waals surface area (Å²) in [5.74, 6) is 2.15. The van der Waals surface area contributed by atoms with Crippen molar-refractivity contribution in [3.63, 3.8) is 0 Å². The van der Waals surface area contributed by atoms with E-state index in [1.165, 1.54) is 41.9 Å². The first-order chi connectivity index (χ1) is 7.86. The lowest BCUT2D eigenvalue weighted by molar-refractivity contribution is 0.492. The second kappa shape index (κ2) is 4.29. The van der Waals surface area contributed by atoms with Gasteiger partial charge in [-0.1, -0.05) is 30.2 Å². The number of hydrogen-bond donors (Lipinski definition) is 0. The number of hydrogen-bond acceptors (Lipinski definition) is 1. The molecule has 0 N–H and O–H groups in total. The molecule has 3 rings (SSSR count). The van der Waals surface area contributed by atoms with E-state index in [0.717, 1.165) is 5.92 Å². The Balaban J connectivity index is 2.10. The van der Waals surface area contributed by atoms with Crippen molar-refractivity contribution in [2.75, 3.05) is 5.75 Å². The van der Waals surface area contributed by atoms with Crippen LogP contribution in [0.2, 0.25) is 0 Å². The van der Waals surface area contributed by atoms with Crippen molar-refractivity contribution < 1.29 is 0 Å². The van der Waals surface area contributed by atoms with Gasteiger partial charge in [-0.3, -0.25) is 0 Å². The molecule has 1 unspecified atom stereocenters. The molecular formula is C15H18S. The second-order valence-corrected chi connectivity index (χ2v) is 5.96. The van der Waals surface area contributed by atoms with Crippen LogP contribution in [0.25, 0.3) is 5.57 Å². The molecule has 1 saturated carbocycles. The van der Waals surface area contributed by atoms with Gasteiger partial charge in [0.15, 0.2) is 0 Å². The van der Waals surface area contributed by atoms with Crippen LogP contribution in [0.3, 0.4) is 0 Å². The topological polar surface area (TPSA) is 0 Å².